The lowest BCUT2D eigenvalue weighted by Crippen LogP contribution is -2.21. The van der Waals surface area contributed by atoms with E-state index in [2.05, 4.69) is 9.88 Å². The molecule has 1 fully saturated rings. The third-order valence-electron chi connectivity index (χ3n) is 3.47. The molecule has 0 radical (unpaired) electrons. The minimum atomic E-state index is -0.396. The highest BCUT2D eigenvalue weighted by Gasteiger charge is 2.23. The van der Waals surface area contributed by atoms with E-state index < -0.39 is 4.92 Å². The van der Waals surface area contributed by atoms with Gasteiger partial charge in [0.1, 0.15) is 0 Å². The molecule has 2 aromatic rings. The molecule has 3 rings (SSSR count). The van der Waals surface area contributed by atoms with Gasteiger partial charge in [0.15, 0.2) is 0 Å². The highest BCUT2D eigenvalue weighted by Crippen LogP contribution is 2.34. The van der Waals surface area contributed by atoms with E-state index in [4.69, 9.17) is 0 Å². The van der Waals surface area contributed by atoms with Crippen molar-refractivity contribution in [2.24, 2.45) is 0 Å². The molecule has 1 N–H and O–H groups in total. The van der Waals surface area contributed by atoms with Gasteiger partial charge in [-0.05, 0) is 18.6 Å². The van der Waals surface area contributed by atoms with Crippen molar-refractivity contribution in [1.29, 1.82) is 0 Å². The molecule has 0 saturated carbocycles. The number of nitro benzene ring substituents is 1. The number of aromatic nitrogens is 1. The molecule has 1 saturated heterocycles. The molecule has 1 aliphatic heterocycles. The molecule has 1 aromatic carbocycles. The van der Waals surface area contributed by atoms with E-state index in [9.17, 15) is 15.2 Å². The van der Waals surface area contributed by atoms with E-state index in [1.807, 2.05) is 0 Å². The first-order valence-electron chi connectivity index (χ1n) is 6.11. The average Bonchev–Trinajstić information content (AvgIpc) is 2.83. The molecule has 1 aliphatic rings. The van der Waals surface area contributed by atoms with Crippen molar-refractivity contribution >= 4 is 22.1 Å². The Kier molecular flexibility index (Phi) is 2.79. The first-order valence-corrected chi connectivity index (χ1v) is 6.11. The summed E-state index contributed by atoms with van der Waals surface area (Å²) in [6, 6.07) is 5.03. The molecule has 98 valence electrons. The van der Waals surface area contributed by atoms with Crippen molar-refractivity contribution < 1.29 is 10.0 Å². The Balaban J connectivity index is 2.17. The number of aliphatic hydroxyl groups excluding tert-OH is 1. The zero-order valence-electron chi connectivity index (χ0n) is 10.2. The number of pyridine rings is 1. The van der Waals surface area contributed by atoms with Gasteiger partial charge in [-0.3, -0.25) is 15.1 Å². The second kappa shape index (κ2) is 4.47. The van der Waals surface area contributed by atoms with E-state index in [-0.39, 0.29) is 11.8 Å². The van der Waals surface area contributed by atoms with Gasteiger partial charge in [-0.1, -0.05) is 0 Å². The minimum Gasteiger partial charge on any atom is -0.391 e. The Hall–Kier alpha value is -2.21. The number of rotatable bonds is 2. The number of fused-ring (bicyclic) bond motifs is 1. The van der Waals surface area contributed by atoms with Crippen LogP contribution in [0.5, 0.6) is 0 Å². The third kappa shape index (κ3) is 2.00. The first-order chi connectivity index (χ1) is 9.16. The summed E-state index contributed by atoms with van der Waals surface area (Å²) in [5, 5.41) is 22.0. The summed E-state index contributed by atoms with van der Waals surface area (Å²) in [4.78, 5) is 16.6. The summed E-state index contributed by atoms with van der Waals surface area (Å²) < 4.78 is 0. The summed E-state index contributed by atoms with van der Waals surface area (Å²) in [5.41, 5.74) is 0.978. The number of nitro groups is 1. The standard InChI is InChI=1S/C13H13N3O3/c17-9-4-6-15(8-9)12-1-2-13(16(18)19)11-7-14-5-3-10(11)12/h1-3,5,7,9,17H,4,6,8H2. The summed E-state index contributed by atoms with van der Waals surface area (Å²) in [6.07, 6.45) is 3.54. The van der Waals surface area contributed by atoms with Gasteiger partial charge >= 0.3 is 0 Å². The van der Waals surface area contributed by atoms with Crippen LogP contribution in [-0.2, 0) is 0 Å². The van der Waals surface area contributed by atoms with Crippen molar-refractivity contribution in [2.45, 2.75) is 12.5 Å². The number of non-ortho nitro benzene ring substituents is 1. The summed E-state index contributed by atoms with van der Waals surface area (Å²) in [7, 11) is 0. The number of nitrogens with zero attached hydrogens (tertiary/aromatic N) is 3. The SMILES string of the molecule is O=[N+]([O-])c1ccc(N2CCC(O)C2)c2ccncc12. The van der Waals surface area contributed by atoms with E-state index in [0.29, 0.717) is 11.9 Å². The van der Waals surface area contributed by atoms with Crippen molar-refractivity contribution in [3.8, 4) is 0 Å². The van der Waals surface area contributed by atoms with Crippen LogP contribution < -0.4 is 4.90 Å². The van der Waals surface area contributed by atoms with Gasteiger partial charge in [-0.15, -0.1) is 0 Å². The highest BCUT2D eigenvalue weighted by molar-refractivity contribution is 5.99. The van der Waals surface area contributed by atoms with Gasteiger partial charge in [0.2, 0.25) is 0 Å². The van der Waals surface area contributed by atoms with Crippen LogP contribution in [-0.4, -0.2) is 34.2 Å². The second-order valence-corrected chi connectivity index (χ2v) is 4.67. The lowest BCUT2D eigenvalue weighted by atomic mass is 10.1. The van der Waals surface area contributed by atoms with Gasteiger partial charge in [0.25, 0.3) is 5.69 Å². The Morgan fingerprint density at radius 2 is 2.21 bits per heavy atom. The van der Waals surface area contributed by atoms with E-state index in [1.165, 1.54) is 12.3 Å². The quantitative estimate of drug-likeness (QED) is 0.656. The van der Waals surface area contributed by atoms with E-state index in [1.54, 1.807) is 18.3 Å². The first kappa shape index (κ1) is 11.9. The van der Waals surface area contributed by atoms with Gasteiger partial charge < -0.3 is 10.0 Å². The predicted octanol–water partition coefficient (Wildman–Crippen LogP) is 1.71. The molecule has 6 nitrogen and oxygen atoms in total. The summed E-state index contributed by atoms with van der Waals surface area (Å²) in [6.45, 7) is 1.33. The zero-order valence-corrected chi connectivity index (χ0v) is 10.2. The number of aliphatic hydroxyl groups is 1. The molecule has 1 atom stereocenters. The fourth-order valence-electron chi connectivity index (χ4n) is 2.55. The number of hydrogen-bond donors (Lipinski definition) is 1. The lowest BCUT2D eigenvalue weighted by Gasteiger charge is -2.19. The van der Waals surface area contributed by atoms with Crippen LogP contribution >= 0.6 is 0 Å². The number of anilines is 1. The van der Waals surface area contributed by atoms with Crippen LogP contribution in [0.2, 0.25) is 0 Å². The van der Waals surface area contributed by atoms with Gasteiger partial charge in [-0.2, -0.15) is 0 Å². The fourth-order valence-corrected chi connectivity index (χ4v) is 2.55. The molecule has 0 amide bonds. The Morgan fingerprint density at radius 1 is 1.37 bits per heavy atom. The molecule has 1 aromatic heterocycles. The van der Waals surface area contributed by atoms with Crippen LogP contribution in [0.15, 0.2) is 30.6 Å². The Labute approximate surface area is 109 Å². The normalized spacial score (nSPS) is 19.0. The number of hydrogen-bond acceptors (Lipinski definition) is 5. The molecule has 6 heteroatoms. The van der Waals surface area contributed by atoms with Gasteiger partial charge in [0, 0.05) is 42.6 Å². The van der Waals surface area contributed by atoms with Gasteiger partial charge in [0.05, 0.1) is 16.4 Å². The molecule has 0 bridgehead atoms. The van der Waals surface area contributed by atoms with Crippen molar-refractivity contribution in [3.05, 3.63) is 40.7 Å². The maximum absolute atomic E-state index is 11.0. The fraction of sp³-hybridized carbons (Fsp3) is 0.308. The number of β-amino-alcohol motifs (C(OH)–C–C–N with tert-alkyl or cyclic N) is 1. The third-order valence-corrected chi connectivity index (χ3v) is 3.47. The van der Waals surface area contributed by atoms with Crippen LogP contribution in [0.4, 0.5) is 11.4 Å². The molecule has 0 aliphatic carbocycles. The average molecular weight is 259 g/mol. The summed E-state index contributed by atoms with van der Waals surface area (Å²) in [5.74, 6) is 0. The molecular weight excluding hydrogens is 246 g/mol. The molecule has 2 heterocycles. The Morgan fingerprint density at radius 3 is 2.89 bits per heavy atom. The maximum Gasteiger partial charge on any atom is 0.278 e. The van der Waals surface area contributed by atoms with Crippen LogP contribution in [0.25, 0.3) is 10.8 Å². The van der Waals surface area contributed by atoms with E-state index in [0.717, 1.165) is 24.0 Å². The molecule has 0 spiro atoms. The monoisotopic (exact) mass is 259 g/mol. The predicted molar refractivity (Wildman–Crippen MR) is 71.2 cm³/mol. The molecule has 1 unspecified atom stereocenters. The molecular formula is C13H13N3O3. The zero-order chi connectivity index (χ0) is 13.4. The van der Waals surface area contributed by atoms with Crippen molar-refractivity contribution in [3.63, 3.8) is 0 Å². The lowest BCUT2D eigenvalue weighted by molar-refractivity contribution is -0.383. The maximum atomic E-state index is 11.0. The molecule has 19 heavy (non-hydrogen) atoms. The highest BCUT2D eigenvalue weighted by atomic mass is 16.6. The van der Waals surface area contributed by atoms with Crippen LogP contribution in [0.1, 0.15) is 6.42 Å². The largest absolute Gasteiger partial charge is 0.391 e. The van der Waals surface area contributed by atoms with Crippen molar-refractivity contribution in [1.82, 2.24) is 4.98 Å². The van der Waals surface area contributed by atoms with Gasteiger partial charge in [-0.25, -0.2) is 0 Å². The topological polar surface area (TPSA) is 79.5 Å². The van der Waals surface area contributed by atoms with Crippen LogP contribution in [0, 0.1) is 10.1 Å². The van der Waals surface area contributed by atoms with E-state index >= 15 is 0 Å². The minimum absolute atomic E-state index is 0.0617. The van der Waals surface area contributed by atoms with Crippen molar-refractivity contribution in [2.75, 3.05) is 18.0 Å². The van der Waals surface area contributed by atoms with Crippen LogP contribution in [0.3, 0.4) is 0 Å². The number of benzene rings is 1. The Bertz CT molecular complexity index is 644. The summed E-state index contributed by atoms with van der Waals surface area (Å²) >= 11 is 0. The second-order valence-electron chi connectivity index (χ2n) is 4.67. The smallest absolute Gasteiger partial charge is 0.278 e.